The van der Waals surface area contributed by atoms with E-state index < -0.39 is 0 Å². The number of nitrogens with zero attached hydrogens (tertiary/aromatic N) is 4. The lowest BCUT2D eigenvalue weighted by Gasteiger charge is -2.09. The third-order valence-corrected chi connectivity index (χ3v) is 5.74. The molecule has 0 bridgehead atoms. The van der Waals surface area contributed by atoms with Crippen molar-refractivity contribution in [3.63, 3.8) is 0 Å². The lowest BCUT2D eigenvalue weighted by atomic mass is 10.1. The number of halogens is 1. The smallest absolute Gasteiger partial charge is 0.255 e. The molecule has 1 amide bonds. The van der Waals surface area contributed by atoms with Crippen molar-refractivity contribution in [2.24, 2.45) is 0 Å². The normalized spacial score (nSPS) is 10.9. The Balaban J connectivity index is 1.34. The average molecular weight is 464 g/mol. The molecule has 0 aliphatic rings. The molecule has 4 aromatic rings. The van der Waals surface area contributed by atoms with Crippen LogP contribution < -0.4 is 10.1 Å². The predicted molar refractivity (Wildman–Crippen MR) is 129 cm³/mol. The van der Waals surface area contributed by atoms with E-state index in [1.54, 1.807) is 23.0 Å². The topological polar surface area (TPSA) is 74.0 Å². The zero-order chi connectivity index (χ0) is 23.4. The molecule has 2 heterocycles. The predicted octanol–water partition coefficient (Wildman–Crippen LogP) is 5.25. The molecule has 170 valence electrons. The Kier molecular flexibility index (Phi) is 6.79. The zero-order valence-electron chi connectivity index (χ0n) is 18.9. The van der Waals surface area contributed by atoms with E-state index in [1.807, 2.05) is 61.3 Å². The molecule has 0 aliphatic carbocycles. The van der Waals surface area contributed by atoms with Crippen molar-refractivity contribution in [2.75, 3.05) is 5.32 Å². The summed E-state index contributed by atoms with van der Waals surface area (Å²) in [7, 11) is 0. The monoisotopic (exact) mass is 463 g/mol. The third kappa shape index (κ3) is 5.43. The molecule has 0 saturated heterocycles. The zero-order valence-corrected chi connectivity index (χ0v) is 19.6. The maximum atomic E-state index is 12.6. The molecule has 0 atom stereocenters. The van der Waals surface area contributed by atoms with E-state index in [-0.39, 0.29) is 5.91 Å². The molecule has 1 N–H and O–H groups in total. The van der Waals surface area contributed by atoms with Crippen LogP contribution in [0, 0.1) is 13.8 Å². The number of anilines is 1. The van der Waals surface area contributed by atoms with E-state index in [4.69, 9.17) is 16.3 Å². The van der Waals surface area contributed by atoms with Gasteiger partial charge in [0.05, 0.1) is 29.6 Å². The van der Waals surface area contributed by atoms with Gasteiger partial charge in [-0.2, -0.15) is 10.2 Å². The fraction of sp³-hybridized carbons (Fsp3) is 0.240. The van der Waals surface area contributed by atoms with E-state index >= 15 is 0 Å². The van der Waals surface area contributed by atoms with E-state index in [0.29, 0.717) is 35.2 Å². The van der Waals surface area contributed by atoms with E-state index in [2.05, 4.69) is 22.4 Å². The number of hydrogen-bond acceptors (Lipinski definition) is 4. The Morgan fingerprint density at radius 3 is 2.61 bits per heavy atom. The van der Waals surface area contributed by atoms with Crippen molar-refractivity contribution < 1.29 is 9.53 Å². The minimum atomic E-state index is -0.196. The molecule has 2 aromatic carbocycles. The Hall–Kier alpha value is -3.58. The second kappa shape index (κ2) is 9.92. The van der Waals surface area contributed by atoms with Gasteiger partial charge in [0.15, 0.2) is 0 Å². The average Bonchev–Trinajstić information content (AvgIpc) is 3.40. The summed E-state index contributed by atoms with van der Waals surface area (Å²) in [4.78, 5) is 12.6. The molecule has 0 spiro atoms. The molecule has 0 aliphatic heterocycles. The summed E-state index contributed by atoms with van der Waals surface area (Å²) in [6.07, 6.45) is 5.32. The molecule has 33 heavy (non-hydrogen) atoms. The Morgan fingerprint density at radius 1 is 1.09 bits per heavy atom. The standard InChI is InChI=1S/C25H26ClN5O2/c1-4-31-18(3)21(12-28-31)14-30-15-22(13-27-30)29-25(32)20-8-6-19(7-9-20)16-33-24-11-17(2)5-10-23(24)26/h5-13,15H,4,14,16H2,1-3H3,(H,29,32). The van der Waals surface area contributed by atoms with Crippen LogP contribution >= 0.6 is 11.6 Å². The van der Waals surface area contributed by atoms with E-state index in [0.717, 1.165) is 28.9 Å². The first-order valence-corrected chi connectivity index (χ1v) is 11.1. The van der Waals surface area contributed by atoms with Gasteiger partial charge in [-0.1, -0.05) is 29.8 Å². The van der Waals surface area contributed by atoms with Crippen LogP contribution in [-0.2, 0) is 19.7 Å². The van der Waals surface area contributed by atoms with E-state index in [9.17, 15) is 4.79 Å². The first-order valence-electron chi connectivity index (χ1n) is 10.8. The van der Waals surface area contributed by atoms with E-state index in [1.165, 1.54) is 0 Å². The van der Waals surface area contributed by atoms with Gasteiger partial charge in [-0.05, 0) is 56.2 Å². The SMILES string of the molecule is CCn1ncc(Cn2cc(NC(=O)c3ccc(COc4cc(C)ccc4Cl)cc3)cn2)c1C. The van der Waals surface area contributed by atoms with Crippen LogP contribution in [-0.4, -0.2) is 25.5 Å². The summed E-state index contributed by atoms with van der Waals surface area (Å²) in [6.45, 7) is 7.89. The van der Waals surface area contributed by atoms with Gasteiger partial charge in [0, 0.05) is 29.6 Å². The summed E-state index contributed by atoms with van der Waals surface area (Å²) in [5.41, 5.74) is 5.44. The number of aromatic nitrogens is 4. The van der Waals surface area contributed by atoms with Gasteiger partial charge in [0.2, 0.25) is 0 Å². The summed E-state index contributed by atoms with van der Waals surface area (Å²) >= 11 is 6.18. The summed E-state index contributed by atoms with van der Waals surface area (Å²) in [5.74, 6) is 0.450. The van der Waals surface area contributed by atoms with Gasteiger partial charge in [0.25, 0.3) is 5.91 Å². The largest absolute Gasteiger partial charge is 0.487 e. The van der Waals surface area contributed by atoms with Crippen LogP contribution in [0.25, 0.3) is 0 Å². The fourth-order valence-corrected chi connectivity index (χ4v) is 3.66. The van der Waals surface area contributed by atoms with Crippen molar-refractivity contribution in [3.05, 3.63) is 94.0 Å². The lowest BCUT2D eigenvalue weighted by Crippen LogP contribution is -2.11. The van der Waals surface area contributed by atoms with Crippen molar-refractivity contribution in [2.45, 2.75) is 40.5 Å². The van der Waals surface area contributed by atoms with Gasteiger partial charge >= 0.3 is 0 Å². The first kappa shape index (κ1) is 22.6. The molecule has 7 nitrogen and oxygen atoms in total. The number of hydrogen-bond donors (Lipinski definition) is 1. The van der Waals surface area contributed by atoms with Gasteiger partial charge in [0.1, 0.15) is 12.4 Å². The molecular formula is C25H26ClN5O2. The molecule has 0 unspecified atom stereocenters. The Morgan fingerprint density at radius 2 is 1.88 bits per heavy atom. The molecule has 0 fully saturated rings. The summed E-state index contributed by atoms with van der Waals surface area (Å²) in [6, 6.07) is 13.0. The molecule has 0 saturated carbocycles. The second-order valence-electron chi connectivity index (χ2n) is 7.87. The van der Waals surface area contributed by atoms with Crippen LogP contribution in [0.1, 0.15) is 39.7 Å². The first-order chi connectivity index (χ1) is 15.9. The number of carbonyl (C=O) groups is 1. The molecule has 2 aromatic heterocycles. The van der Waals surface area contributed by atoms with Crippen molar-refractivity contribution in [1.82, 2.24) is 19.6 Å². The van der Waals surface area contributed by atoms with Crippen LogP contribution in [0.2, 0.25) is 5.02 Å². The second-order valence-corrected chi connectivity index (χ2v) is 8.28. The summed E-state index contributed by atoms with van der Waals surface area (Å²) < 4.78 is 9.56. The van der Waals surface area contributed by atoms with Crippen molar-refractivity contribution in [3.8, 4) is 5.75 Å². The highest BCUT2D eigenvalue weighted by Crippen LogP contribution is 2.26. The minimum absolute atomic E-state index is 0.196. The highest BCUT2D eigenvalue weighted by atomic mass is 35.5. The molecule has 8 heteroatoms. The van der Waals surface area contributed by atoms with Gasteiger partial charge < -0.3 is 10.1 Å². The summed E-state index contributed by atoms with van der Waals surface area (Å²) in [5, 5.41) is 12.2. The quantitative estimate of drug-likeness (QED) is 0.387. The Bertz CT molecular complexity index is 1260. The fourth-order valence-electron chi connectivity index (χ4n) is 3.49. The number of nitrogens with one attached hydrogen (secondary N) is 1. The van der Waals surface area contributed by atoms with Crippen molar-refractivity contribution >= 4 is 23.2 Å². The number of benzene rings is 2. The number of aryl methyl sites for hydroxylation is 2. The number of ether oxygens (including phenoxy) is 1. The van der Waals surface area contributed by atoms with Crippen LogP contribution in [0.15, 0.2) is 61.1 Å². The molecule has 0 radical (unpaired) electrons. The number of carbonyl (C=O) groups excluding carboxylic acids is 1. The lowest BCUT2D eigenvalue weighted by molar-refractivity contribution is 0.102. The number of rotatable bonds is 8. The maximum Gasteiger partial charge on any atom is 0.255 e. The van der Waals surface area contributed by atoms with Gasteiger partial charge in [-0.15, -0.1) is 0 Å². The maximum absolute atomic E-state index is 12.6. The number of amides is 1. The van der Waals surface area contributed by atoms with Crippen LogP contribution in [0.3, 0.4) is 0 Å². The molecular weight excluding hydrogens is 438 g/mol. The van der Waals surface area contributed by atoms with Crippen molar-refractivity contribution in [1.29, 1.82) is 0 Å². The Labute approximate surface area is 197 Å². The van der Waals surface area contributed by atoms with Gasteiger partial charge in [-0.3, -0.25) is 14.2 Å². The van der Waals surface area contributed by atoms with Gasteiger partial charge in [-0.25, -0.2) is 0 Å². The third-order valence-electron chi connectivity index (χ3n) is 5.43. The minimum Gasteiger partial charge on any atom is -0.487 e. The van der Waals surface area contributed by atoms with Crippen LogP contribution in [0.4, 0.5) is 5.69 Å². The highest BCUT2D eigenvalue weighted by Gasteiger charge is 2.10. The molecule has 4 rings (SSSR count). The highest BCUT2D eigenvalue weighted by molar-refractivity contribution is 6.32. The van der Waals surface area contributed by atoms with Crippen LogP contribution in [0.5, 0.6) is 5.75 Å².